The van der Waals surface area contributed by atoms with Gasteiger partial charge >= 0.3 is 5.97 Å². The molecular formula is C15H20N2O3. The summed E-state index contributed by atoms with van der Waals surface area (Å²) >= 11 is 0. The van der Waals surface area contributed by atoms with Gasteiger partial charge < -0.3 is 15.7 Å². The highest BCUT2D eigenvalue weighted by Gasteiger charge is 2.20. The molecule has 108 valence electrons. The van der Waals surface area contributed by atoms with Gasteiger partial charge in [0, 0.05) is 6.54 Å². The summed E-state index contributed by atoms with van der Waals surface area (Å²) in [7, 11) is 0. The Bertz CT molecular complexity index is 482. The summed E-state index contributed by atoms with van der Waals surface area (Å²) in [6.07, 6.45) is 3.03. The van der Waals surface area contributed by atoms with Crippen molar-refractivity contribution in [1.29, 1.82) is 0 Å². The van der Waals surface area contributed by atoms with Gasteiger partial charge in [-0.05, 0) is 30.5 Å². The quantitative estimate of drug-likeness (QED) is 0.752. The molecular weight excluding hydrogens is 256 g/mol. The number of aliphatic carboxylic acids is 1. The van der Waals surface area contributed by atoms with Crippen molar-refractivity contribution in [3.8, 4) is 0 Å². The molecule has 1 aromatic carbocycles. The minimum atomic E-state index is -0.863. The van der Waals surface area contributed by atoms with Gasteiger partial charge in [0.25, 0.3) is 0 Å². The largest absolute Gasteiger partial charge is 0.481 e. The number of benzene rings is 1. The predicted octanol–water partition coefficient (Wildman–Crippen LogP) is 1.07. The second-order valence-corrected chi connectivity index (χ2v) is 5.06. The lowest BCUT2D eigenvalue weighted by atomic mass is 10.0. The minimum Gasteiger partial charge on any atom is -0.481 e. The summed E-state index contributed by atoms with van der Waals surface area (Å²) in [6, 6.07) is 7.19. The van der Waals surface area contributed by atoms with Gasteiger partial charge in [0.05, 0.1) is 12.5 Å². The summed E-state index contributed by atoms with van der Waals surface area (Å²) in [5.74, 6) is -0.868. The number of carboxylic acids is 1. The molecule has 0 spiro atoms. The zero-order valence-electron chi connectivity index (χ0n) is 11.4. The van der Waals surface area contributed by atoms with Gasteiger partial charge in [0.2, 0.25) is 5.91 Å². The van der Waals surface area contributed by atoms with E-state index >= 15 is 0 Å². The zero-order valence-corrected chi connectivity index (χ0v) is 11.4. The maximum Gasteiger partial charge on any atom is 0.307 e. The first-order chi connectivity index (χ1) is 9.66. The van der Waals surface area contributed by atoms with E-state index in [9.17, 15) is 9.59 Å². The van der Waals surface area contributed by atoms with Crippen LogP contribution in [-0.4, -0.2) is 29.6 Å². The molecule has 0 aliphatic carbocycles. The summed E-state index contributed by atoms with van der Waals surface area (Å²) < 4.78 is 0. The molecule has 1 atom stereocenters. The number of carbonyl (C=O) groups is 2. The van der Waals surface area contributed by atoms with Gasteiger partial charge in [-0.3, -0.25) is 9.59 Å². The van der Waals surface area contributed by atoms with Crippen molar-refractivity contribution in [2.45, 2.75) is 38.3 Å². The van der Waals surface area contributed by atoms with Crippen LogP contribution >= 0.6 is 0 Å². The average Bonchev–Trinajstić information content (AvgIpc) is 2.46. The molecule has 0 bridgehead atoms. The lowest BCUT2D eigenvalue weighted by Crippen LogP contribution is -2.46. The second-order valence-electron chi connectivity index (χ2n) is 5.06. The van der Waals surface area contributed by atoms with Crippen LogP contribution in [0.5, 0.6) is 0 Å². The van der Waals surface area contributed by atoms with E-state index in [1.807, 2.05) is 18.2 Å². The third-order valence-electron chi connectivity index (χ3n) is 3.54. The summed E-state index contributed by atoms with van der Waals surface area (Å²) in [6.45, 7) is 1.26. The van der Waals surface area contributed by atoms with E-state index < -0.39 is 5.97 Å². The number of nitrogens with one attached hydrogen (secondary N) is 2. The molecule has 2 rings (SSSR count). The van der Waals surface area contributed by atoms with Crippen LogP contribution in [0.15, 0.2) is 24.3 Å². The monoisotopic (exact) mass is 276 g/mol. The van der Waals surface area contributed by atoms with E-state index in [0.717, 1.165) is 36.9 Å². The Labute approximate surface area is 118 Å². The fourth-order valence-electron chi connectivity index (χ4n) is 2.45. The number of rotatable bonds is 5. The third-order valence-corrected chi connectivity index (χ3v) is 3.54. The first-order valence-electron chi connectivity index (χ1n) is 6.96. The number of carbonyl (C=O) groups excluding carboxylic acids is 1. The highest BCUT2D eigenvalue weighted by atomic mass is 16.4. The maximum atomic E-state index is 12.0. The van der Waals surface area contributed by atoms with Crippen LogP contribution < -0.4 is 10.6 Å². The molecule has 5 heteroatoms. The fraction of sp³-hybridized carbons (Fsp3) is 0.467. The van der Waals surface area contributed by atoms with E-state index in [4.69, 9.17) is 5.11 Å². The Morgan fingerprint density at radius 2 is 2.00 bits per heavy atom. The number of hydrogen-bond donors (Lipinski definition) is 3. The lowest BCUT2D eigenvalue weighted by molar-refractivity contribution is -0.136. The van der Waals surface area contributed by atoms with Crippen LogP contribution in [0.2, 0.25) is 0 Å². The number of piperidine rings is 1. The Morgan fingerprint density at radius 3 is 2.65 bits per heavy atom. The molecule has 1 heterocycles. The third kappa shape index (κ3) is 4.06. The SMILES string of the molecule is O=C(O)Cc1ccccc1CNC(=O)[C@H]1CCCCN1. The number of amides is 1. The zero-order chi connectivity index (χ0) is 14.4. The van der Waals surface area contributed by atoms with Crippen molar-refractivity contribution in [2.24, 2.45) is 0 Å². The summed E-state index contributed by atoms with van der Waals surface area (Å²) in [4.78, 5) is 22.8. The highest BCUT2D eigenvalue weighted by molar-refractivity contribution is 5.81. The number of carboxylic acid groups (broad SMARTS) is 1. The Morgan fingerprint density at radius 1 is 1.25 bits per heavy atom. The van der Waals surface area contributed by atoms with E-state index in [2.05, 4.69) is 10.6 Å². The summed E-state index contributed by atoms with van der Waals surface area (Å²) in [5.41, 5.74) is 1.61. The average molecular weight is 276 g/mol. The molecule has 3 N–H and O–H groups in total. The van der Waals surface area contributed by atoms with Gasteiger partial charge in [-0.2, -0.15) is 0 Å². The van der Waals surface area contributed by atoms with Crippen molar-refractivity contribution in [1.82, 2.24) is 10.6 Å². The Hall–Kier alpha value is -1.88. The van der Waals surface area contributed by atoms with Gasteiger partial charge in [0.15, 0.2) is 0 Å². The molecule has 1 amide bonds. The molecule has 5 nitrogen and oxygen atoms in total. The summed E-state index contributed by atoms with van der Waals surface area (Å²) in [5, 5.41) is 15.0. The normalized spacial score (nSPS) is 18.5. The molecule has 1 fully saturated rings. The van der Waals surface area contributed by atoms with Crippen molar-refractivity contribution < 1.29 is 14.7 Å². The Kier molecular flexibility index (Phi) is 5.12. The first kappa shape index (κ1) is 14.5. The molecule has 1 saturated heterocycles. The van der Waals surface area contributed by atoms with Crippen LogP contribution in [0.25, 0.3) is 0 Å². The van der Waals surface area contributed by atoms with Gasteiger partial charge in [-0.25, -0.2) is 0 Å². The van der Waals surface area contributed by atoms with Gasteiger partial charge in [0.1, 0.15) is 0 Å². The molecule has 0 aromatic heterocycles. The standard InChI is InChI=1S/C15H20N2O3/c18-14(19)9-11-5-1-2-6-12(11)10-17-15(20)13-7-3-4-8-16-13/h1-2,5-6,13,16H,3-4,7-10H2,(H,17,20)(H,18,19)/t13-/m1/s1. The van der Waals surface area contributed by atoms with Crippen LogP contribution in [0.1, 0.15) is 30.4 Å². The van der Waals surface area contributed by atoms with Gasteiger partial charge in [-0.15, -0.1) is 0 Å². The van der Waals surface area contributed by atoms with Gasteiger partial charge in [-0.1, -0.05) is 30.7 Å². The van der Waals surface area contributed by atoms with E-state index in [0.29, 0.717) is 6.54 Å². The molecule has 1 aliphatic heterocycles. The smallest absolute Gasteiger partial charge is 0.307 e. The van der Waals surface area contributed by atoms with Crippen LogP contribution in [0, 0.1) is 0 Å². The van der Waals surface area contributed by atoms with Crippen LogP contribution in [0.3, 0.4) is 0 Å². The number of hydrogen-bond acceptors (Lipinski definition) is 3. The van der Waals surface area contributed by atoms with E-state index in [1.54, 1.807) is 6.07 Å². The molecule has 20 heavy (non-hydrogen) atoms. The molecule has 0 saturated carbocycles. The van der Waals surface area contributed by atoms with E-state index in [-0.39, 0.29) is 18.4 Å². The van der Waals surface area contributed by atoms with Crippen LogP contribution in [0.4, 0.5) is 0 Å². The van der Waals surface area contributed by atoms with Crippen molar-refractivity contribution >= 4 is 11.9 Å². The minimum absolute atomic E-state index is 0.00479. The van der Waals surface area contributed by atoms with Crippen molar-refractivity contribution in [3.05, 3.63) is 35.4 Å². The van der Waals surface area contributed by atoms with Crippen LogP contribution in [-0.2, 0) is 22.6 Å². The second kappa shape index (κ2) is 7.05. The lowest BCUT2D eigenvalue weighted by Gasteiger charge is -2.22. The van der Waals surface area contributed by atoms with E-state index in [1.165, 1.54) is 0 Å². The predicted molar refractivity (Wildman–Crippen MR) is 75.3 cm³/mol. The Balaban J connectivity index is 1.92. The van der Waals surface area contributed by atoms with Crippen molar-refractivity contribution in [3.63, 3.8) is 0 Å². The molecule has 1 aliphatic rings. The molecule has 1 aromatic rings. The first-order valence-corrected chi connectivity index (χ1v) is 6.96. The maximum absolute atomic E-state index is 12.0. The van der Waals surface area contributed by atoms with Crippen molar-refractivity contribution in [2.75, 3.05) is 6.54 Å². The highest BCUT2D eigenvalue weighted by Crippen LogP contribution is 2.11. The fourth-order valence-corrected chi connectivity index (χ4v) is 2.45. The molecule has 0 radical (unpaired) electrons. The molecule has 0 unspecified atom stereocenters. The topological polar surface area (TPSA) is 78.4 Å².